The number of cyclic esters (lactones) is 1. The number of nitrogens with two attached hydrogens (primary N) is 1. The van der Waals surface area contributed by atoms with Crippen molar-refractivity contribution in [3.63, 3.8) is 0 Å². The van der Waals surface area contributed by atoms with Crippen LogP contribution in [0.1, 0.15) is 6.42 Å². The van der Waals surface area contributed by atoms with Crippen LogP contribution < -0.4 is 10.5 Å². The van der Waals surface area contributed by atoms with Crippen LogP contribution in [0.25, 0.3) is 0 Å². The van der Waals surface area contributed by atoms with E-state index in [1.165, 1.54) is 0 Å². The van der Waals surface area contributed by atoms with Crippen LogP contribution in [0.2, 0.25) is 5.02 Å². The zero-order valence-electron chi connectivity index (χ0n) is 7.90. The number of benzene rings is 1. The minimum absolute atomic E-state index is 0.345. The maximum atomic E-state index is 11.1. The highest BCUT2D eigenvalue weighted by Crippen LogP contribution is 2.28. The first-order valence-electron chi connectivity index (χ1n) is 4.55. The predicted molar refractivity (Wildman–Crippen MR) is 55.9 cm³/mol. The van der Waals surface area contributed by atoms with Gasteiger partial charge in [0.15, 0.2) is 6.10 Å². The largest absolute Gasteiger partial charge is 0.477 e. The van der Waals surface area contributed by atoms with E-state index >= 15 is 0 Å². The van der Waals surface area contributed by atoms with Crippen molar-refractivity contribution in [3.05, 3.63) is 23.2 Å². The molecular weight excluding hydrogens is 218 g/mol. The number of hydrogen-bond donors (Lipinski definition) is 1. The molecule has 0 aromatic heterocycles. The van der Waals surface area contributed by atoms with Gasteiger partial charge in [-0.15, -0.1) is 0 Å². The van der Waals surface area contributed by atoms with Crippen molar-refractivity contribution in [3.8, 4) is 5.75 Å². The molecule has 1 heterocycles. The molecule has 0 radical (unpaired) electrons. The Bertz CT molecular complexity index is 394. The lowest BCUT2D eigenvalue weighted by Crippen LogP contribution is -2.21. The first kappa shape index (κ1) is 10.1. The highest BCUT2D eigenvalue weighted by atomic mass is 35.5. The summed E-state index contributed by atoms with van der Waals surface area (Å²) in [5.41, 5.74) is 6.09. The number of ether oxygens (including phenoxy) is 2. The number of carbonyl (C=O) groups excluding carboxylic acids is 1. The zero-order valence-corrected chi connectivity index (χ0v) is 8.66. The molecule has 5 heteroatoms. The van der Waals surface area contributed by atoms with Crippen molar-refractivity contribution in [1.82, 2.24) is 0 Å². The molecule has 15 heavy (non-hydrogen) atoms. The first-order chi connectivity index (χ1) is 7.16. The average molecular weight is 228 g/mol. The Morgan fingerprint density at radius 3 is 2.93 bits per heavy atom. The zero-order chi connectivity index (χ0) is 10.8. The Balaban J connectivity index is 2.13. The Kier molecular flexibility index (Phi) is 2.68. The smallest absolute Gasteiger partial charge is 0.347 e. The number of carbonyl (C=O) groups is 1. The molecule has 1 aliphatic rings. The maximum absolute atomic E-state index is 11.1. The van der Waals surface area contributed by atoms with Crippen LogP contribution in [0.4, 0.5) is 5.69 Å². The number of rotatable bonds is 2. The molecule has 2 N–H and O–H groups in total. The third-order valence-electron chi connectivity index (χ3n) is 2.11. The Hall–Kier alpha value is -1.42. The summed E-state index contributed by atoms with van der Waals surface area (Å²) in [6.45, 7) is 0.399. The van der Waals surface area contributed by atoms with Gasteiger partial charge in [-0.05, 0) is 18.2 Å². The molecule has 1 atom stereocenters. The van der Waals surface area contributed by atoms with Crippen LogP contribution in [-0.4, -0.2) is 18.7 Å². The van der Waals surface area contributed by atoms with Crippen LogP contribution in [-0.2, 0) is 9.53 Å². The normalized spacial score (nSPS) is 20.1. The van der Waals surface area contributed by atoms with Crippen LogP contribution in [0, 0.1) is 0 Å². The summed E-state index contributed by atoms with van der Waals surface area (Å²) in [6.07, 6.45) is 0.00521. The van der Waals surface area contributed by atoms with Crippen molar-refractivity contribution >= 4 is 23.3 Å². The summed E-state index contributed by atoms with van der Waals surface area (Å²) in [5, 5.41) is 0.398. The summed E-state index contributed by atoms with van der Waals surface area (Å²) in [5.74, 6) is 0.109. The number of nitrogen functional groups attached to an aromatic ring is 1. The molecule has 80 valence electrons. The minimum atomic E-state index is -0.550. The topological polar surface area (TPSA) is 61.6 Å². The quantitative estimate of drug-likeness (QED) is 0.616. The van der Waals surface area contributed by atoms with Crippen LogP contribution in [0.3, 0.4) is 0 Å². The molecule has 1 saturated heterocycles. The van der Waals surface area contributed by atoms with Gasteiger partial charge in [0.25, 0.3) is 0 Å². The van der Waals surface area contributed by atoms with E-state index in [1.54, 1.807) is 18.2 Å². The average Bonchev–Trinajstić information content (AvgIpc) is 2.57. The lowest BCUT2D eigenvalue weighted by atomic mass is 10.3. The molecule has 0 aliphatic carbocycles. The Morgan fingerprint density at radius 2 is 2.33 bits per heavy atom. The Labute approximate surface area is 91.9 Å². The summed E-state index contributed by atoms with van der Waals surface area (Å²) in [6, 6.07) is 4.89. The number of esters is 1. The van der Waals surface area contributed by atoms with Crippen molar-refractivity contribution < 1.29 is 14.3 Å². The molecule has 2 rings (SSSR count). The lowest BCUT2D eigenvalue weighted by molar-refractivity contribution is -0.143. The van der Waals surface area contributed by atoms with Gasteiger partial charge in [0.1, 0.15) is 5.75 Å². The third kappa shape index (κ3) is 2.15. The van der Waals surface area contributed by atoms with Gasteiger partial charge < -0.3 is 15.2 Å². The van der Waals surface area contributed by atoms with Crippen molar-refractivity contribution in [2.24, 2.45) is 0 Å². The fourth-order valence-corrected chi connectivity index (χ4v) is 1.58. The molecule has 0 saturated carbocycles. The standard InChI is InChI=1S/C10H10ClNO3/c11-7-5-6(12)1-2-8(7)15-9-3-4-14-10(9)13/h1-2,5,9H,3-4,12H2. The molecule has 0 amide bonds. The fourth-order valence-electron chi connectivity index (χ4n) is 1.35. The van der Waals surface area contributed by atoms with Gasteiger partial charge in [-0.1, -0.05) is 11.6 Å². The van der Waals surface area contributed by atoms with E-state index in [2.05, 4.69) is 0 Å². The molecule has 0 bridgehead atoms. The molecule has 4 nitrogen and oxygen atoms in total. The molecule has 1 unspecified atom stereocenters. The number of anilines is 1. The fraction of sp³-hybridized carbons (Fsp3) is 0.300. The predicted octanol–water partition coefficient (Wildman–Crippen LogP) is 1.62. The molecule has 0 spiro atoms. The highest BCUT2D eigenvalue weighted by Gasteiger charge is 2.28. The van der Waals surface area contributed by atoms with E-state index in [1.807, 2.05) is 0 Å². The van der Waals surface area contributed by atoms with Crippen molar-refractivity contribution in [2.45, 2.75) is 12.5 Å². The Morgan fingerprint density at radius 1 is 1.53 bits per heavy atom. The SMILES string of the molecule is Nc1ccc(OC2CCOC2=O)c(Cl)c1. The summed E-state index contributed by atoms with van der Waals surface area (Å²) >= 11 is 5.90. The van der Waals surface area contributed by atoms with E-state index in [9.17, 15) is 4.79 Å². The third-order valence-corrected chi connectivity index (χ3v) is 2.41. The minimum Gasteiger partial charge on any atom is -0.477 e. The second-order valence-electron chi connectivity index (χ2n) is 3.25. The highest BCUT2D eigenvalue weighted by molar-refractivity contribution is 6.32. The molecule has 1 fully saturated rings. The van der Waals surface area contributed by atoms with Gasteiger partial charge in [-0.3, -0.25) is 0 Å². The lowest BCUT2D eigenvalue weighted by Gasteiger charge is -2.11. The molecule has 1 aromatic carbocycles. The first-order valence-corrected chi connectivity index (χ1v) is 4.93. The summed E-state index contributed by atoms with van der Waals surface area (Å²) in [4.78, 5) is 11.1. The van der Waals surface area contributed by atoms with E-state index in [-0.39, 0.29) is 5.97 Å². The van der Waals surface area contributed by atoms with Crippen LogP contribution >= 0.6 is 11.6 Å². The molecule has 1 aliphatic heterocycles. The van der Waals surface area contributed by atoms with Gasteiger partial charge in [-0.25, -0.2) is 4.79 Å². The van der Waals surface area contributed by atoms with E-state index < -0.39 is 6.10 Å². The van der Waals surface area contributed by atoms with Crippen LogP contribution in [0.5, 0.6) is 5.75 Å². The summed E-state index contributed by atoms with van der Waals surface area (Å²) < 4.78 is 10.2. The van der Waals surface area contributed by atoms with Gasteiger partial charge in [0.05, 0.1) is 11.6 Å². The van der Waals surface area contributed by atoms with Crippen LogP contribution in [0.15, 0.2) is 18.2 Å². The monoisotopic (exact) mass is 227 g/mol. The van der Waals surface area contributed by atoms with E-state index in [0.29, 0.717) is 29.5 Å². The second kappa shape index (κ2) is 3.98. The summed E-state index contributed by atoms with van der Waals surface area (Å²) in [7, 11) is 0. The number of hydrogen-bond acceptors (Lipinski definition) is 4. The molecule has 1 aromatic rings. The van der Waals surface area contributed by atoms with E-state index in [4.69, 9.17) is 26.8 Å². The van der Waals surface area contributed by atoms with Gasteiger partial charge in [-0.2, -0.15) is 0 Å². The van der Waals surface area contributed by atoms with Gasteiger partial charge >= 0.3 is 5.97 Å². The van der Waals surface area contributed by atoms with Gasteiger partial charge in [0, 0.05) is 12.1 Å². The maximum Gasteiger partial charge on any atom is 0.347 e. The van der Waals surface area contributed by atoms with Crippen molar-refractivity contribution in [2.75, 3.05) is 12.3 Å². The number of halogens is 1. The van der Waals surface area contributed by atoms with Crippen molar-refractivity contribution in [1.29, 1.82) is 0 Å². The van der Waals surface area contributed by atoms with Gasteiger partial charge in [0.2, 0.25) is 0 Å². The molecular formula is C10H10ClNO3. The van der Waals surface area contributed by atoms with E-state index in [0.717, 1.165) is 0 Å². The second-order valence-corrected chi connectivity index (χ2v) is 3.66.